The molecule has 0 aromatic carbocycles. The van der Waals surface area contributed by atoms with Gasteiger partial charge in [0.2, 0.25) is 5.91 Å². The maximum absolute atomic E-state index is 12.4. The highest BCUT2D eigenvalue weighted by atomic mass is 16.5. The summed E-state index contributed by atoms with van der Waals surface area (Å²) in [6.07, 6.45) is 9.77. The van der Waals surface area contributed by atoms with Gasteiger partial charge in [0, 0.05) is 6.42 Å². The van der Waals surface area contributed by atoms with Crippen LogP contribution in [0.15, 0.2) is 0 Å². The smallest absolute Gasteiger partial charge is 0.325 e. The molecule has 7 heteroatoms. The van der Waals surface area contributed by atoms with E-state index in [1.807, 2.05) is 0 Å². The number of carbonyl (C=O) groups excluding carboxylic acids is 3. The summed E-state index contributed by atoms with van der Waals surface area (Å²) in [4.78, 5) is 36.3. The number of rotatable bonds is 8. The van der Waals surface area contributed by atoms with Crippen molar-refractivity contribution in [2.75, 3.05) is 13.2 Å². The highest BCUT2D eigenvalue weighted by Crippen LogP contribution is 2.61. The van der Waals surface area contributed by atoms with Gasteiger partial charge in [-0.1, -0.05) is 0 Å². The third-order valence-corrected chi connectivity index (χ3v) is 7.52. The Bertz CT molecular complexity index is 704. The number of carbonyl (C=O) groups is 3. The predicted octanol–water partition coefficient (Wildman–Crippen LogP) is 2.06. The van der Waals surface area contributed by atoms with E-state index in [9.17, 15) is 19.6 Å². The van der Waals surface area contributed by atoms with Gasteiger partial charge in [0.05, 0.1) is 6.07 Å². The molecule has 158 valence electrons. The van der Waals surface area contributed by atoms with Crippen LogP contribution in [-0.2, 0) is 19.1 Å². The number of nitrogens with one attached hydrogen (secondary N) is 2. The van der Waals surface area contributed by atoms with Crippen molar-refractivity contribution in [2.24, 2.45) is 29.1 Å². The van der Waals surface area contributed by atoms with Crippen LogP contribution >= 0.6 is 0 Å². The number of nitriles is 1. The van der Waals surface area contributed by atoms with E-state index in [4.69, 9.17) is 4.74 Å². The van der Waals surface area contributed by atoms with Gasteiger partial charge in [0.15, 0.2) is 6.61 Å². The first-order chi connectivity index (χ1) is 13.8. The number of hydrogen-bond donors (Lipinski definition) is 2. The van der Waals surface area contributed by atoms with Gasteiger partial charge >= 0.3 is 5.97 Å². The zero-order valence-electron chi connectivity index (χ0n) is 17.2. The molecule has 0 aromatic heterocycles. The molecule has 7 nitrogen and oxygen atoms in total. The fourth-order valence-electron chi connectivity index (χ4n) is 6.49. The van der Waals surface area contributed by atoms with Crippen molar-refractivity contribution in [3.05, 3.63) is 0 Å². The normalized spacial score (nSPS) is 34.0. The lowest BCUT2D eigenvalue weighted by molar-refractivity contribution is -0.149. The molecule has 5 saturated carbocycles. The van der Waals surface area contributed by atoms with Crippen molar-refractivity contribution in [2.45, 2.75) is 70.3 Å². The minimum absolute atomic E-state index is 0.0980. The van der Waals surface area contributed by atoms with E-state index in [0.29, 0.717) is 6.42 Å². The monoisotopic (exact) mass is 401 g/mol. The molecule has 0 spiro atoms. The van der Waals surface area contributed by atoms with Crippen LogP contribution < -0.4 is 10.6 Å². The van der Waals surface area contributed by atoms with Gasteiger partial charge in [-0.25, -0.2) is 0 Å². The average Bonchev–Trinajstić information content (AvgIpc) is 3.49. The number of esters is 1. The van der Waals surface area contributed by atoms with Crippen molar-refractivity contribution in [3.63, 3.8) is 0 Å². The Morgan fingerprint density at radius 2 is 1.66 bits per heavy atom. The molecule has 5 fully saturated rings. The van der Waals surface area contributed by atoms with Crippen molar-refractivity contribution in [3.8, 4) is 6.07 Å². The highest BCUT2D eigenvalue weighted by molar-refractivity contribution is 5.85. The molecule has 5 aliphatic rings. The van der Waals surface area contributed by atoms with Gasteiger partial charge in [0.1, 0.15) is 12.1 Å². The van der Waals surface area contributed by atoms with Gasteiger partial charge in [-0.15, -0.1) is 0 Å². The fraction of sp³-hybridized carbons (Fsp3) is 0.818. The van der Waals surface area contributed by atoms with E-state index < -0.39 is 24.0 Å². The van der Waals surface area contributed by atoms with E-state index in [2.05, 4.69) is 16.7 Å². The summed E-state index contributed by atoms with van der Waals surface area (Å²) in [6, 6.07) is 2.13. The summed E-state index contributed by atoms with van der Waals surface area (Å²) in [7, 11) is 0. The van der Waals surface area contributed by atoms with Gasteiger partial charge in [-0.2, -0.15) is 5.26 Å². The van der Waals surface area contributed by atoms with Gasteiger partial charge in [-0.05, 0) is 87.4 Å². The Morgan fingerprint density at radius 1 is 1.07 bits per heavy atom. The average molecular weight is 402 g/mol. The first kappa shape index (κ1) is 20.2. The van der Waals surface area contributed by atoms with Crippen LogP contribution in [0.25, 0.3) is 0 Å². The molecular formula is C22H31N3O4. The molecule has 0 unspecified atom stereocenters. The van der Waals surface area contributed by atoms with E-state index >= 15 is 0 Å². The Balaban J connectivity index is 1.17. The van der Waals surface area contributed by atoms with Crippen LogP contribution in [0.2, 0.25) is 0 Å². The van der Waals surface area contributed by atoms with Crippen LogP contribution in [0.4, 0.5) is 0 Å². The SMILES string of the molecule is C[C@@](C#N)(NC(=O)COC(=O)CNC(=O)CC12CC3CC(CC(C3)C1)C2)C1CC1. The molecule has 0 aliphatic heterocycles. The number of ether oxygens (including phenoxy) is 1. The lowest BCUT2D eigenvalue weighted by Gasteiger charge is -2.56. The number of amides is 2. The topological polar surface area (TPSA) is 108 Å². The summed E-state index contributed by atoms with van der Waals surface area (Å²) in [6.45, 7) is 1.03. The molecule has 0 aromatic rings. The third-order valence-electron chi connectivity index (χ3n) is 7.52. The first-order valence-corrected chi connectivity index (χ1v) is 10.9. The minimum atomic E-state index is -0.907. The second kappa shape index (κ2) is 7.62. The second-order valence-electron chi connectivity index (χ2n) is 10.2. The fourth-order valence-corrected chi connectivity index (χ4v) is 6.49. The lowest BCUT2D eigenvalue weighted by atomic mass is 9.49. The van der Waals surface area contributed by atoms with E-state index in [0.717, 1.165) is 49.9 Å². The van der Waals surface area contributed by atoms with E-state index in [1.54, 1.807) is 6.92 Å². The van der Waals surface area contributed by atoms with Crippen molar-refractivity contribution < 1.29 is 19.1 Å². The molecule has 29 heavy (non-hydrogen) atoms. The Kier molecular flexibility index (Phi) is 5.30. The second-order valence-corrected chi connectivity index (χ2v) is 10.2. The summed E-state index contributed by atoms with van der Waals surface area (Å²) in [5.74, 6) is 1.29. The van der Waals surface area contributed by atoms with Gasteiger partial charge in [0.25, 0.3) is 5.91 Å². The maximum Gasteiger partial charge on any atom is 0.325 e. The Hall–Kier alpha value is -2.10. The number of hydrogen-bond acceptors (Lipinski definition) is 5. The van der Waals surface area contributed by atoms with Gasteiger partial charge < -0.3 is 15.4 Å². The molecule has 2 amide bonds. The van der Waals surface area contributed by atoms with Crippen molar-refractivity contribution >= 4 is 17.8 Å². The molecule has 4 bridgehead atoms. The summed E-state index contributed by atoms with van der Waals surface area (Å²) >= 11 is 0. The Morgan fingerprint density at radius 3 is 2.17 bits per heavy atom. The van der Waals surface area contributed by atoms with Gasteiger partial charge in [-0.3, -0.25) is 14.4 Å². The molecule has 5 aliphatic carbocycles. The van der Waals surface area contributed by atoms with Crippen molar-refractivity contribution in [1.82, 2.24) is 10.6 Å². The molecule has 0 heterocycles. The lowest BCUT2D eigenvalue weighted by Crippen LogP contribution is -2.49. The Labute approximate surface area is 171 Å². The summed E-state index contributed by atoms with van der Waals surface area (Å²) in [5, 5.41) is 14.6. The van der Waals surface area contributed by atoms with E-state index in [1.165, 1.54) is 19.3 Å². The quantitative estimate of drug-likeness (QED) is 0.605. The molecular weight excluding hydrogens is 370 g/mol. The predicted molar refractivity (Wildman–Crippen MR) is 104 cm³/mol. The molecule has 2 N–H and O–H groups in total. The minimum Gasteiger partial charge on any atom is -0.454 e. The van der Waals surface area contributed by atoms with Crippen LogP contribution in [0.3, 0.4) is 0 Å². The van der Waals surface area contributed by atoms with Crippen LogP contribution in [0.5, 0.6) is 0 Å². The zero-order chi connectivity index (χ0) is 20.6. The van der Waals surface area contributed by atoms with Crippen LogP contribution in [-0.4, -0.2) is 36.5 Å². The molecule has 5 rings (SSSR count). The van der Waals surface area contributed by atoms with E-state index in [-0.39, 0.29) is 23.8 Å². The van der Waals surface area contributed by atoms with Crippen LogP contribution in [0.1, 0.15) is 64.7 Å². The molecule has 0 radical (unpaired) electrons. The third kappa shape index (κ3) is 4.57. The molecule has 0 saturated heterocycles. The maximum atomic E-state index is 12.4. The van der Waals surface area contributed by atoms with Crippen molar-refractivity contribution in [1.29, 1.82) is 5.26 Å². The zero-order valence-corrected chi connectivity index (χ0v) is 17.2. The largest absolute Gasteiger partial charge is 0.454 e. The first-order valence-electron chi connectivity index (χ1n) is 10.9. The summed E-state index contributed by atoms with van der Waals surface area (Å²) in [5.41, 5.74) is -0.775. The number of nitrogens with zero attached hydrogens (tertiary/aromatic N) is 1. The highest BCUT2D eigenvalue weighted by Gasteiger charge is 2.51. The van der Waals surface area contributed by atoms with Crippen LogP contribution in [0, 0.1) is 40.4 Å². The summed E-state index contributed by atoms with van der Waals surface area (Å²) < 4.78 is 4.96. The standard InChI is InChI=1S/C22H31N3O4/c1-21(13-23,17-2-3-17)25-19(27)12-29-20(28)11-24-18(26)10-22-7-14-4-15(8-22)6-16(5-14)9-22/h14-17H,2-12H2,1H3,(H,24,26)(H,25,27)/t14?,15?,16?,21-,22?/m0/s1. The molecule has 1 atom stereocenters.